The topological polar surface area (TPSA) is 21.3 Å². The second-order valence-electron chi connectivity index (χ2n) is 4.56. The molecule has 0 heterocycles. The van der Waals surface area contributed by atoms with E-state index in [2.05, 4.69) is 39.8 Å². The highest BCUT2D eigenvalue weighted by Gasteiger charge is 2.17. The quantitative estimate of drug-likeness (QED) is 0.598. The maximum atomic E-state index is 12.5. The molecule has 1 N–H and O–H groups in total. The van der Waals surface area contributed by atoms with Gasteiger partial charge < -0.3 is 10.1 Å². The van der Waals surface area contributed by atoms with Gasteiger partial charge in [0.15, 0.2) is 5.75 Å². The molecule has 0 spiro atoms. The number of nitrogens with one attached hydrogen (secondary N) is 1. The molecule has 0 aliphatic rings. The summed E-state index contributed by atoms with van der Waals surface area (Å²) in [5, 5.41) is 3.73. The van der Waals surface area contributed by atoms with Crippen LogP contribution in [0.3, 0.4) is 0 Å². The van der Waals surface area contributed by atoms with E-state index in [1.54, 1.807) is 12.1 Å². The number of anilines is 1. The molecule has 0 fully saturated rings. The summed E-state index contributed by atoms with van der Waals surface area (Å²) in [5.74, 6) is 0.0987. The fraction of sp³-hybridized carbons (Fsp3) is 0.571. The van der Waals surface area contributed by atoms with Gasteiger partial charge in [-0.1, -0.05) is 38.3 Å². The monoisotopic (exact) mass is 369 g/mol. The van der Waals surface area contributed by atoms with Crippen LogP contribution < -0.4 is 10.1 Å². The molecule has 0 bridgehead atoms. The summed E-state index contributed by atoms with van der Waals surface area (Å²) in [6.07, 6.45) is 3.97. The van der Waals surface area contributed by atoms with Crippen LogP contribution in [0.15, 0.2) is 16.6 Å². The van der Waals surface area contributed by atoms with E-state index in [0.717, 1.165) is 25.7 Å². The van der Waals surface area contributed by atoms with E-state index in [1.807, 2.05) is 0 Å². The molecule has 6 heteroatoms. The maximum absolute atomic E-state index is 12.5. The molecule has 0 unspecified atom stereocenters. The summed E-state index contributed by atoms with van der Waals surface area (Å²) in [7, 11) is 0. The van der Waals surface area contributed by atoms with Gasteiger partial charge in [0, 0.05) is 11.1 Å². The average Bonchev–Trinajstić information content (AvgIpc) is 2.34. The lowest BCUT2D eigenvalue weighted by atomic mass is 10.1. The molecule has 0 aromatic heterocycles. The number of halogens is 4. The average molecular weight is 371 g/mol. The van der Waals surface area contributed by atoms with Gasteiger partial charge in [-0.15, -0.1) is 0 Å². The molecule has 0 aliphatic carbocycles. The zero-order chi connectivity index (χ0) is 15.1. The first kappa shape index (κ1) is 17.5. The van der Waals surface area contributed by atoms with E-state index < -0.39 is 6.61 Å². The van der Waals surface area contributed by atoms with E-state index in [4.69, 9.17) is 11.6 Å². The van der Waals surface area contributed by atoms with Gasteiger partial charge in [-0.3, -0.25) is 0 Å². The van der Waals surface area contributed by atoms with Crippen molar-refractivity contribution in [3.63, 3.8) is 0 Å². The van der Waals surface area contributed by atoms with Gasteiger partial charge in [-0.25, -0.2) is 0 Å². The Bertz CT molecular complexity index is 426. The summed E-state index contributed by atoms with van der Waals surface area (Å²) < 4.78 is 30.0. The fourth-order valence-corrected chi connectivity index (χ4v) is 2.99. The maximum Gasteiger partial charge on any atom is 0.387 e. The van der Waals surface area contributed by atoms with Crippen molar-refractivity contribution in [3.05, 3.63) is 21.6 Å². The minimum absolute atomic E-state index is 0.0987. The van der Waals surface area contributed by atoms with Crippen LogP contribution in [-0.2, 0) is 0 Å². The Morgan fingerprint density at radius 2 is 1.85 bits per heavy atom. The van der Waals surface area contributed by atoms with Crippen molar-refractivity contribution in [2.45, 2.75) is 52.2 Å². The Morgan fingerprint density at radius 1 is 1.25 bits per heavy atom. The van der Waals surface area contributed by atoms with E-state index in [-0.39, 0.29) is 11.8 Å². The predicted molar refractivity (Wildman–Crippen MR) is 83.0 cm³/mol. The van der Waals surface area contributed by atoms with Crippen LogP contribution in [0.2, 0.25) is 5.02 Å². The molecule has 0 atom stereocenters. The lowest BCUT2D eigenvalue weighted by Crippen LogP contribution is -2.20. The summed E-state index contributed by atoms with van der Waals surface area (Å²) >= 11 is 9.19. The lowest BCUT2D eigenvalue weighted by molar-refractivity contribution is -0.0499. The zero-order valence-corrected chi connectivity index (χ0v) is 13.9. The van der Waals surface area contributed by atoms with Crippen LogP contribution in [0.5, 0.6) is 5.75 Å². The van der Waals surface area contributed by atoms with Gasteiger partial charge in [-0.2, -0.15) is 8.78 Å². The lowest BCUT2D eigenvalue weighted by Gasteiger charge is -2.21. The van der Waals surface area contributed by atoms with Crippen molar-refractivity contribution in [2.75, 3.05) is 5.32 Å². The molecule has 1 aromatic rings. The van der Waals surface area contributed by atoms with Gasteiger partial charge in [0.1, 0.15) is 0 Å². The molecular weight excluding hydrogens is 352 g/mol. The highest BCUT2D eigenvalue weighted by molar-refractivity contribution is 9.10. The Morgan fingerprint density at radius 3 is 2.35 bits per heavy atom. The number of ether oxygens (including phenoxy) is 1. The molecule has 0 saturated carbocycles. The molecular formula is C14H19BrClF2NO. The number of rotatable bonds is 8. The third kappa shape index (κ3) is 5.44. The smallest absolute Gasteiger partial charge is 0.387 e. The summed E-state index contributed by atoms with van der Waals surface area (Å²) in [6, 6.07) is 3.37. The predicted octanol–water partition coefficient (Wildman–Crippen LogP) is 6.08. The normalized spacial score (nSPS) is 11.2. The van der Waals surface area contributed by atoms with Crippen molar-refractivity contribution in [1.82, 2.24) is 0 Å². The minimum Gasteiger partial charge on any atom is -0.431 e. The van der Waals surface area contributed by atoms with E-state index >= 15 is 0 Å². The van der Waals surface area contributed by atoms with Crippen LogP contribution >= 0.6 is 27.5 Å². The van der Waals surface area contributed by atoms with E-state index in [1.165, 1.54) is 0 Å². The Balaban J connectivity index is 3.01. The van der Waals surface area contributed by atoms with Gasteiger partial charge in [0.25, 0.3) is 0 Å². The number of hydrogen-bond donors (Lipinski definition) is 1. The molecule has 0 saturated heterocycles. The Hall–Kier alpha value is -0.550. The second-order valence-corrected chi connectivity index (χ2v) is 5.85. The van der Waals surface area contributed by atoms with Crippen molar-refractivity contribution in [1.29, 1.82) is 0 Å². The van der Waals surface area contributed by atoms with E-state index in [9.17, 15) is 8.78 Å². The SMILES string of the molecule is CCCC(CCC)Nc1cc(Cl)cc(Br)c1OC(F)F. The minimum atomic E-state index is -2.87. The molecule has 1 aromatic carbocycles. The highest BCUT2D eigenvalue weighted by Crippen LogP contribution is 2.38. The Labute approximate surface area is 132 Å². The van der Waals surface area contributed by atoms with Crippen molar-refractivity contribution < 1.29 is 13.5 Å². The molecule has 0 radical (unpaired) electrons. The largest absolute Gasteiger partial charge is 0.431 e. The standard InChI is InChI=1S/C14H19BrClF2NO/c1-3-5-10(6-4-2)19-12-8-9(16)7-11(15)13(12)20-14(17)18/h7-8,10,14,19H,3-6H2,1-2H3. The van der Waals surface area contributed by atoms with Crippen molar-refractivity contribution >= 4 is 33.2 Å². The Kier molecular flexibility index (Phi) is 7.59. The summed E-state index contributed by atoms with van der Waals surface area (Å²) in [5.41, 5.74) is 0.497. The second kappa shape index (κ2) is 8.67. The van der Waals surface area contributed by atoms with Crippen LogP contribution in [0.4, 0.5) is 14.5 Å². The molecule has 0 aliphatic heterocycles. The first-order chi connectivity index (χ1) is 9.47. The summed E-state index contributed by atoms with van der Waals surface area (Å²) in [4.78, 5) is 0. The van der Waals surface area contributed by atoms with Crippen LogP contribution in [0, 0.1) is 0 Å². The number of benzene rings is 1. The van der Waals surface area contributed by atoms with Crippen molar-refractivity contribution in [2.24, 2.45) is 0 Å². The molecule has 114 valence electrons. The zero-order valence-electron chi connectivity index (χ0n) is 11.6. The molecule has 1 rings (SSSR count). The third-order valence-electron chi connectivity index (χ3n) is 2.85. The summed E-state index contributed by atoms with van der Waals surface area (Å²) in [6.45, 7) is 1.31. The van der Waals surface area contributed by atoms with Gasteiger partial charge in [0.2, 0.25) is 0 Å². The van der Waals surface area contributed by atoms with Crippen LogP contribution in [0.25, 0.3) is 0 Å². The first-order valence-electron chi connectivity index (χ1n) is 6.68. The third-order valence-corrected chi connectivity index (χ3v) is 3.66. The first-order valence-corrected chi connectivity index (χ1v) is 7.85. The van der Waals surface area contributed by atoms with Gasteiger partial charge in [-0.05, 0) is 40.9 Å². The van der Waals surface area contributed by atoms with E-state index in [0.29, 0.717) is 15.2 Å². The van der Waals surface area contributed by atoms with Crippen LogP contribution in [-0.4, -0.2) is 12.7 Å². The number of hydrogen-bond acceptors (Lipinski definition) is 2. The molecule has 20 heavy (non-hydrogen) atoms. The van der Waals surface area contributed by atoms with Gasteiger partial charge >= 0.3 is 6.61 Å². The number of alkyl halides is 2. The fourth-order valence-electron chi connectivity index (χ4n) is 2.08. The molecule has 0 amide bonds. The van der Waals surface area contributed by atoms with Gasteiger partial charge in [0.05, 0.1) is 10.2 Å². The van der Waals surface area contributed by atoms with Crippen molar-refractivity contribution in [3.8, 4) is 5.75 Å². The van der Waals surface area contributed by atoms with Crippen LogP contribution in [0.1, 0.15) is 39.5 Å². The molecule has 2 nitrogen and oxygen atoms in total. The highest BCUT2D eigenvalue weighted by atomic mass is 79.9.